The van der Waals surface area contributed by atoms with Crippen molar-refractivity contribution in [3.8, 4) is 5.69 Å². The van der Waals surface area contributed by atoms with Gasteiger partial charge in [0.2, 0.25) is 0 Å². The predicted molar refractivity (Wildman–Crippen MR) is 80.1 cm³/mol. The summed E-state index contributed by atoms with van der Waals surface area (Å²) in [5.41, 5.74) is 2.32. The van der Waals surface area contributed by atoms with Gasteiger partial charge in [-0.1, -0.05) is 12.1 Å². The Morgan fingerprint density at radius 1 is 1.10 bits per heavy atom. The molecule has 0 radical (unpaired) electrons. The molecule has 4 heteroatoms. The van der Waals surface area contributed by atoms with Crippen molar-refractivity contribution in [2.45, 2.75) is 18.9 Å². The van der Waals surface area contributed by atoms with Crippen LogP contribution in [0.3, 0.4) is 0 Å². The third-order valence-electron chi connectivity index (χ3n) is 4.65. The molecule has 1 aromatic heterocycles. The van der Waals surface area contributed by atoms with Gasteiger partial charge in [0.05, 0.1) is 11.4 Å². The molecule has 4 heterocycles. The highest BCUT2D eigenvalue weighted by Gasteiger charge is 2.34. The molecule has 3 aliphatic heterocycles. The number of piperidine rings is 3. The molecule has 104 valence electrons. The maximum atomic E-state index is 4.35. The van der Waals surface area contributed by atoms with Crippen molar-refractivity contribution in [1.82, 2.24) is 14.7 Å². The van der Waals surface area contributed by atoms with E-state index in [0.29, 0.717) is 6.04 Å². The Kier molecular flexibility index (Phi) is 2.96. The number of aromatic nitrogens is 2. The minimum absolute atomic E-state index is 0.578. The molecule has 0 spiro atoms. The van der Waals surface area contributed by atoms with Crippen LogP contribution in [0.1, 0.15) is 12.8 Å². The molecule has 5 rings (SSSR count). The SMILES string of the molecule is c1ccc(-n2cccn2)c(NC2CN3CCC2CC3)c1. The van der Waals surface area contributed by atoms with Crippen LogP contribution in [-0.2, 0) is 0 Å². The molecule has 4 nitrogen and oxygen atoms in total. The van der Waals surface area contributed by atoms with E-state index in [9.17, 15) is 0 Å². The topological polar surface area (TPSA) is 33.1 Å². The van der Waals surface area contributed by atoms with E-state index in [-0.39, 0.29) is 0 Å². The third-order valence-corrected chi connectivity index (χ3v) is 4.65. The fourth-order valence-electron chi connectivity index (χ4n) is 3.54. The lowest BCUT2D eigenvalue weighted by molar-refractivity contribution is 0.0975. The van der Waals surface area contributed by atoms with E-state index in [0.717, 1.165) is 11.6 Å². The van der Waals surface area contributed by atoms with Gasteiger partial charge in [0.1, 0.15) is 0 Å². The summed E-state index contributed by atoms with van der Waals surface area (Å²) in [7, 11) is 0. The Balaban J connectivity index is 1.60. The van der Waals surface area contributed by atoms with Crippen molar-refractivity contribution in [3.05, 3.63) is 42.7 Å². The fraction of sp³-hybridized carbons (Fsp3) is 0.438. The van der Waals surface area contributed by atoms with Crippen molar-refractivity contribution in [2.75, 3.05) is 25.0 Å². The van der Waals surface area contributed by atoms with Crippen LogP contribution in [0, 0.1) is 5.92 Å². The lowest BCUT2D eigenvalue weighted by Crippen LogP contribution is -2.53. The second kappa shape index (κ2) is 4.94. The first-order valence-electron chi connectivity index (χ1n) is 7.48. The van der Waals surface area contributed by atoms with E-state index >= 15 is 0 Å². The Morgan fingerprint density at radius 2 is 1.95 bits per heavy atom. The van der Waals surface area contributed by atoms with Crippen LogP contribution in [-0.4, -0.2) is 40.4 Å². The number of hydrogen-bond donors (Lipinski definition) is 1. The van der Waals surface area contributed by atoms with Gasteiger partial charge in [-0.05, 0) is 50.0 Å². The van der Waals surface area contributed by atoms with Gasteiger partial charge in [-0.25, -0.2) is 4.68 Å². The summed E-state index contributed by atoms with van der Waals surface area (Å²) in [6, 6.07) is 11.0. The minimum atomic E-state index is 0.578. The summed E-state index contributed by atoms with van der Waals surface area (Å²) in [6.45, 7) is 3.74. The molecular formula is C16H20N4. The van der Waals surface area contributed by atoms with E-state index in [1.807, 2.05) is 23.1 Å². The van der Waals surface area contributed by atoms with Crippen LogP contribution in [0.4, 0.5) is 5.69 Å². The zero-order valence-corrected chi connectivity index (χ0v) is 11.6. The number of rotatable bonds is 3. The number of nitrogens with zero attached hydrogens (tertiary/aromatic N) is 3. The van der Waals surface area contributed by atoms with Crippen LogP contribution in [0.25, 0.3) is 5.69 Å². The van der Waals surface area contributed by atoms with Crippen molar-refractivity contribution < 1.29 is 0 Å². The summed E-state index contributed by atoms with van der Waals surface area (Å²) >= 11 is 0. The van der Waals surface area contributed by atoms with Crippen LogP contribution >= 0.6 is 0 Å². The number of para-hydroxylation sites is 2. The van der Waals surface area contributed by atoms with E-state index in [2.05, 4.69) is 39.6 Å². The van der Waals surface area contributed by atoms with Gasteiger partial charge in [0.15, 0.2) is 0 Å². The molecule has 20 heavy (non-hydrogen) atoms. The summed E-state index contributed by atoms with van der Waals surface area (Å²) in [4.78, 5) is 2.58. The first-order valence-corrected chi connectivity index (χ1v) is 7.48. The summed E-state index contributed by atoms with van der Waals surface area (Å²) in [5.74, 6) is 0.825. The Hall–Kier alpha value is -1.81. The van der Waals surface area contributed by atoms with Crippen LogP contribution in [0.15, 0.2) is 42.7 Å². The first kappa shape index (κ1) is 12.0. The van der Waals surface area contributed by atoms with Crippen molar-refractivity contribution in [1.29, 1.82) is 0 Å². The normalized spacial score (nSPS) is 28.5. The standard InChI is InChI=1S/C16H20N4/c1-2-5-16(20-9-3-8-17-20)14(4-1)18-15-12-19-10-6-13(15)7-11-19/h1-5,8-9,13,15,18H,6-7,10-12H2. The van der Waals surface area contributed by atoms with Crippen LogP contribution in [0.5, 0.6) is 0 Å². The Morgan fingerprint density at radius 3 is 2.65 bits per heavy atom. The Bertz CT molecular complexity index is 570. The van der Waals surface area contributed by atoms with E-state index in [1.54, 1.807) is 0 Å². The summed E-state index contributed by atoms with van der Waals surface area (Å²) in [6.07, 6.45) is 6.49. The second-order valence-corrected chi connectivity index (χ2v) is 5.86. The number of nitrogens with one attached hydrogen (secondary N) is 1. The quantitative estimate of drug-likeness (QED) is 0.928. The maximum Gasteiger partial charge on any atom is 0.0876 e. The zero-order chi connectivity index (χ0) is 13.4. The van der Waals surface area contributed by atoms with Gasteiger partial charge in [0.25, 0.3) is 0 Å². The molecule has 3 aliphatic rings. The van der Waals surface area contributed by atoms with Gasteiger partial charge in [-0.2, -0.15) is 5.10 Å². The number of anilines is 1. The number of benzene rings is 1. The second-order valence-electron chi connectivity index (χ2n) is 5.86. The number of hydrogen-bond acceptors (Lipinski definition) is 3. The van der Waals surface area contributed by atoms with Crippen molar-refractivity contribution >= 4 is 5.69 Å². The first-order chi connectivity index (χ1) is 9.90. The lowest BCUT2D eigenvalue weighted by Gasteiger charge is -2.45. The van der Waals surface area contributed by atoms with Gasteiger partial charge >= 0.3 is 0 Å². The molecule has 2 aromatic rings. The summed E-state index contributed by atoms with van der Waals surface area (Å²) in [5, 5.41) is 8.12. The average molecular weight is 268 g/mol. The molecule has 1 unspecified atom stereocenters. The molecular weight excluding hydrogens is 248 g/mol. The zero-order valence-electron chi connectivity index (χ0n) is 11.6. The van der Waals surface area contributed by atoms with E-state index < -0.39 is 0 Å². The highest BCUT2D eigenvalue weighted by molar-refractivity contribution is 5.61. The third kappa shape index (κ3) is 2.10. The predicted octanol–water partition coefficient (Wildman–Crippen LogP) is 2.38. The maximum absolute atomic E-state index is 4.35. The van der Waals surface area contributed by atoms with E-state index in [1.165, 1.54) is 38.2 Å². The average Bonchev–Trinajstić information content (AvgIpc) is 3.03. The van der Waals surface area contributed by atoms with Crippen molar-refractivity contribution in [2.24, 2.45) is 5.92 Å². The minimum Gasteiger partial charge on any atom is -0.379 e. The lowest BCUT2D eigenvalue weighted by atomic mass is 9.84. The smallest absolute Gasteiger partial charge is 0.0876 e. The molecule has 1 N–H and O–H groups in total. The van der Waals surface area contributed by atoms with Gasteiger partial charge in [-0.15, -0.1) is 0 Å². The highest BCUT2D eigenvalue weighted by Crippen LogP contribution is 2.31. The van der Waals surface area contributed by atoms with Gasteiger partial charge < -0.3 is 10.2 Å². The largest absolute Gasteiger partial charge is 0.379 e. The fourth-order valence-corrected chi connectivity index (χ4v) is 3.54. The molecule has 0 saturated carbocycles. The molecule has 3 saturated heterocycles. The molecule has 1 atom stereocenters. The molecule has 1 aromatic carbocycles. The van der Waals surface area contributed by atoms with Gasteiger partial charge in [0, 0.05) is 25.0 Å². The summed E-state index contributed by atoms with van der Waals surface area (Å²) < 4.78 is 1.93. The Labute approximate surface area is 119 Å². The molecule has 0 aliphatic carbocycles. The van der Waals surface area contributed by atoms with Crippen molar-refractivity contribution in [3.63, 3.8) is 0 Å². The number of fused-ring (bicyclic) bond motifs is 3. The van der Waals surface area contributed by atoms with E-state index in [4.69, 9.17) is 0 Å². The van der Waals surface area contributed by atoms with Crippen LogP contribution < -0.4 is 5.32 Å². The molecule has 2 bridgehead atoms. The molecule has 3 fully saturated rings. The van der Waals surface area contributed by atoms with Crippen LogP contribution in [0.2, 0.25) is 0 Å². The highest BCUT2D eigenvalue weighted by atomic mass is 15.3. The van der Waals surface area contributed by atoms with Gasteiger partial charge in [-0.3, -0.25) is 0 Å². The monoisotopic (exact) mass is 268 g/mol. The molecule has 0 amide bonds.